The maximum Gasteiger partial charge on any atom is 0.500 e. The van der Waals surface area contributed by atoms with Crippen LogP contribution in [0.25, 0.3) is 0 Å². The van der Waals surface area contributed by atoms with Gasteiger partial charge in [-0.05, 0) is 64.2 Å². The van der Waals surface area contributed by atoms with Crippen molar-refractivity contribution in [3.63, 3.8) is 0 Å². The van der Waals surface area contributed by atoms with Gasteiger partial charge in [-0.2, -0.15) is 0 Å². The van der Waals surface area contributed by atoms with E-state index in [-0.39, 0.29) is 30.9 Å². The van der Waals surface area contributed by atoms with Gasteiger partial charge in [0.25, 0.3) is 0 Å². The van der Waals surface area contributed by atoms with Crippen molar-refractivity contribution >= 4 is 79.8 Å². The molecule has 18 heteroatoms. The van der Waals surface area contributed by atoms with Crippen LogP contribution < -0.4 is 0 Å². The molecule has 0 aliphatic heterocycles. The van der Waals surface area contributed by atoms with E-state index in [0.29, 0.717) is 0 Å². The molecule has 0 rings (SSSR count). The molecular weight excluding hydrogens is 905 g/mol. The highest BCUT2D eigenvalue weighted by molar-refractivity contribution is 8.77. The number of hydrogen-bond donors (Lipinski definition) is 0. The summed E-state index contributed by atoms with van der Waals surface area (Å²) in [7, 11) is 9.14. The Labute approximate surface area is 394 Å². The molecule has 0 aliphatic carbocycles. The van der Waals surface area contributed by atoms with Gasteiger partial charge in [0.1, 0.15) is 11.8 Å². The molecule has 0 saturated carbocycles. The lowest BCUT2D eigenvalue weighted by Crippen LogP contribution is -2.46. The molecule has 0 spiro atoms. The molecule has 0 saturated heterocycles. The summed E-state index contributed by atoms with van der Waals surface area (Å²) in [5, 5.41) is 0. The van der Waals surface area contributed by atoms with Crippen molar-refractivity contribution in [2.24, 2.45) is 0 Å². The van der Waals surface area contributed by atoms with Crippen LogP contribution in [-0.2, 0) is 45.5 Å². The lowest BCUT2D eigenvalue weighted by Gasteiger charge is -2.30. The molecule has 0 aromatic heterocycles. The molecule has 10 nitrogen and oxygen atoms in total. The second kappa shape index (κ2) is 50.3. The molecule has 0 aromatic rings. The molecule has 0 fully saturated rings. The van der Waals surface area contributed by atoms with Crippen LogP contribution in [0.3, 0.4) is 0 Å². The SMILES string of the molecule is CCCCO[Si](CCCSSCCC[Si](OCCCC)(OCCCC)OCCCC)(OCCCC)OCCCC.COC(OC)[SiH2]CCCSSCCC[SiH2]C(OC)OC. The number of rotatable bonds is 48. The molecule has 364 valence electrons. The minimum atomic E-state index is -2.62. The highest BCUT2D eigenvalue weighted by Gasteiger charge is 2.41. The molecule has 0 unspecified atom stereocenters. The molecule has 0 N–H and O–H groups in total. The summed E-state index contributed by atoms with van der Waals surface area (Å²) in [5.41, 5.74) is 0. The van der Waals surface area contributed by atoms with E-state index in [0.717, 1.165) is 153 Å². The zero-order chi connectivity index (χ0) is 44.7. The lowest BCUT2D eigenvalue weighted by molar-refractivity contribution is -0.0442. The van der Waals surface area contributed by atoms with E-state index in [1.807, 2.05) is 43.2 Å². The summed E-state index contributed by atoms with van der Waals surface area (Å²) < 4.78 is 59.3. The van der Waals surface area contributed by atoms with E-state index < -0.39 is 17.6 Å². The fourth-order valence-electron chi connectivity index (χ4n) is 5.45. The molecule has 0 aliphatic rings. The summed E-state index contributed by atoms with van der Waals surface area (Å²) in [6, 6.07) is 4.43. The van der Waals surface area contributed by atoms with Gasteiger partial charge in [-0.3, -0.25) is 0 Å². The summed E-state index contributed by atoms with van der Waals surface area (Å²) in [4.78, 5) is 0. The minimum Gasteiger partial charge on any atom is -0.373 e. The Kier molecular flexibility index (Phi) is 53.6. The Morgan fingerprint density at radius 3 is 0.800 bits per heavy atom. The van der Waals surface area contributed by atoms with Gasteiger partial charge in [-0.1, -0.05) is 135 Å². The van der Waals surface area contributed by atoms with Gasteiger partial charge in [0, 0.05) is 103 Å². The van der Waals surface area contributed by atoms with Crippen molar-refractivity contribution in [1.29, 1.82) is 0 Å². The predicted molar refractivity (Wildman–Crippen MR) is 277 cm³/mol. The third-order valence-electron chi connectivity index (χ3n) is 9.39. The standard InChI is InChI=1S/C30H66O6S2Si2.C12H30O4S2Si2/c1-7-13-21-31-39(32-22-14-8-2,33-23-15-9-3)29-19-27-37-38-28-20-30-40(34-24-16-10-4,35-25-17-11-5)36-26-18-12-6;1-13-11(14-2)19-9-5-7-17-18-8-6-10-20-12(15-3)16-4/h7-30H2,1-6H3;11-12H,5-10,19-20H2,1-4H3. The third-order valence-corrected chi connectivity index (χ3v) is 24.4. The zero-order valence-electron chi connectivity index (χ0n) is 40.5. The maximum atomic E-state index is 6.41. The minimum absolute atomic E-state index is 0.104. The first-order valence-electron chi connectivity index (χ1n) is 23.8. The monoisotopic (exact) mass is 1000 g/mol. The molecule has 0 amide bonds. The largest absolute Gasteiger partial charge is 0.500 e. The quantitative estimate of drug-likeness (QED) is 0.0251. The first kappa shape index (κ1) is 64.0. The molecule has 0 aromatic carbocycles. The molecule has 0 atom stereocenters. The van der Waals surface area contributed by atoms with Gasteiger partial charge in [0.2, 0.25) is 0 Å². The fraction of sp³-hybridized carbons (Fsp3) is 1.00. The van der Waals surface area contributed by atoms with Crippen molar-refractivity contribution in [2.75, 3.05) is 91.1 Å². The third kappa shape index (κ3) is 40.2. The topological polar surface area (TPSA) is 92.3 Å². The Morgan fingerprint density at radius 2 is 0.583 bits per heavy atom. The molecule has 0 heterocycles. The highest BCUT2D eigenvalue weighted by atomic mass is 33.1. The van der Waals surface area contributed by atoms with E-state index in [1.165, 1.54) is 36.4 Å². The van der Waals surface area contributed by atoms with Crippen molar-refractivity contribution in [3.8, 4) is 0 Å². The smallest absolute Gasteiger partial charge is 0.373 e. The average molecular weight is 1000 g/mol. The van der Waals surface area contributed by atoms with Crippen LogP contribution >= 0.6 is 43.2 Å². The second-order valence-corrected chi connectivity index (χ2v) is 29.6. The molecule has 0 radical (unpaired) electrons. The van der Waals surface area contributed by atoms with Crippen LogP contribution in [0, 0.1) is 0 Å². The fourth-order valence-corrected chi connectivity index (χ4v) is 19.2. The van der Waals surface area contributed by atoms with E-state index >= 15 is 0 Å². The normalized spacial score (nSPS) is 12.6. The van der Waals surface area contributed by atoms with Crippen molar-refractivity contribution in [2.45, 2.75) is 180 Å². The summed E-state index contributed by atoms with van der Waals surface area (Å²) in [6.45, 7) is 17.7. The second-order valence-electron chi connectivity index (χ2n) is 14.9. The van der Waals surface area contributed by atoms with Crippen LogP contribution in [-0.4, -0.2) is 140 Å². The number of hydrogen-bond acceptors (Lipinski definition) is 14. The Morgan fingerprint density at radius 1 is 0.350 bits per heavy atom. The Hall–Kier alpha value is 1.87. The van der Waals surface area contributed by atoms with E-state index in [4.69, 9.17) is 45.5 Å². The van der Waals surface area contributed by atoms with E-state index in [1.54, 1.807) is 28.4 Å². The first-order chi connectivity index (χ1) is 29.3. The van der Waals surface area contributed by atoms with Crippen molar-refractivity contribution in [3.05, 3.63) is 0 Å². The Bertz CT molecular complexity index is 718. The Balaban J connectivity index is 0. The van der Waals surface area contributed by atoms with Gasteiger partial charge < -0.3 is 45.5 Å². The van der Waals surface area contributed by atoms with Gasteiger partial charge in [-0.15, -0.1) is 0 Å². The number of ether oxygens (including phenoxy) is 4. The van der Waals surface area contributed by atoms with E-state index in [9.17, 15) is 0 Å². The van der Waals surface area contributed by atoms with Crippen LogP contribution in [0.4, 0.5) is 0 Å². The van der Waals surface area contributed by atoms with Crippen LogP contribution in [0.5, 0.6) is 0 Å². The van der Waals surface area contributed by atoms with Gasteiger partial charge in [0.05, 0.1) is 19.0 Å². The van der Waals surface area contributed by atoms with Crippen LogP contribution in [0.1, 0.15) is 144 Å². The summed E-state index contributed by atoms with van der Waals surface area (Å²) in [6.07, 6.45) is 17.8. The van der Waals surface area contributed by atoms with E-state index in [2.05, 4.69) is 41.5 Å². The lowest BCUT2D eigenvalue weighted by atomic mass is 10.4. The highest BCUT2D eigenvalue weighted by Crippen LogP contribution is 2.29. The van der Waals surface area contributed by atoms with Crippen LogP contribution in [0.2, 0.25) is 24.2 Å². The molecule has 0 bridgehead atoms. The first-order valence-corrected chi connectivity index (χ1v) is 36.3. The summed E-state index contributed by atoms with van der Waals surface area (Å²) in [5.74, 6) is 4.86. The molecular formula is C42H96O10S4Si4. The predicted octanol–water partition coefficient (Wildman–Crippen LogP) is 11.4. The summed E-state index contributed by atoms with van der Waals surface area (Å²) >= 11 is 0. The van der Waals surface area contributed by atoms with Crippen molar-refractivity contribution in [1.82, 2.24) is 0 Å². The number of unbranched alkanes of at least 4 members (excludes halogenated alkanes) is 6. The van der Waals surface area contributed by atoms with Gasteiger partial charge in [0.15, 0.2) is 0 Å². The zero-order valence-corrected chi connectivity index (χ0v) is 48.6. The van der Waals surface area contributed by atoms with Gasteiger partial charge >= 0.3 is 17.6 Å². The molecule has 60 heavy (non-hydrogen) atoms. The average Bonchev–Trinajstić information content (AvgIpc) is 3.26. The van der Waals surface area contributed by atoms with Crippen LogP contribution in [0.15, 0.2) is 0 Å². The van der Waals surface area contributed by atoms with Gasteiger partial charge in [-0.25, -0.2) is 0 Å². The maximum absolute atomic E-state index is 6.41. The number of methoxy groups -OCH3 is 4. The van der Waals surface area contributed by atoms with Crippen molar-refractivity contribution < 1.29 is 45.5 Å².